The van der Waals surface area contributed by atoms with Gasteiger partial charge in [-0.2, -0.15) is 0 Å². The van der Waals surface area contributed by atoms with Gasteiger partial charge in [0.25, 0.3) is 5.91 Å². The first-order chi connectivity index (χ1) is 21.7. The Morgan fingerprint density at radius 1 is 0.956 bits per heavy atom. The molecule has 0 radical (unpaired) electrons. The van der Waals surface area contributed by atoms with Crippen LogP contribution in [0, 0.1) is 11.3 Å². The van der Waals surface area contributed by atoms with Crippen molar-refractivity contribution in [2.75, 3.05) is 6.54 Å². The number of aromatic amines is 1. The number of hydrogen-bond donors (Lipinski definition) is 5. The average Bonchev–Trinajstić information content (AvgIpc) is 3.67. The number of benzene rings is 2. The van der Waals surface area contributed by atoms with Crippen LogP contribution in [0.25, 0.3) is 10.9 Å². The van der Waals surface area contributed by atoms with Crippen molar-refractivity contribution in [3.63, 3.8) is 0 Å². The van der Waals surface area contributed by atoms with E-state index in [1.165, 1.54) is 6.08 Å². The zero-order valence-electron chi connectivity index (χ0n) is 25.5. The number of allylic oxidation sites excluding steroid dienone is 1. The maximum atomic E-state index is 13.4. The summed E-state index contributed by atoms with van der Waals surface area (Å²) >= 11 is 0. The molecule has 1 fully saturated rings. The van der Waals surface area contributed by atoms with Crippen LogP contribution in [0.2, 0.25) is 0 Å². The van der Waals surface area contributed by atoms with Crippen molar-refractivity contribution in [1.82, 2.24) is 26.3 Å². The van der Waals surface area contributed by atoms with E-state index in [-0.39, 0.29) is 23.7 Å². The van der Waals surface area contributed by atoms with Crippen molar-refractivity contribution in [2.24, 2.45) is 11.3 Å². The van der Waals surface area contributed by atoms with Gasteiger partial charge in [0.05, 0.1) is 23.8 Å². The van der Waals surface area contributed by atoms with E-state index in [9.17, 15) is 24.0 Å². The molecule has 0 bridgehead atoms. The molecule has 0 spiro atoms. The van der Waals surface area contributed by atoms with Crippen molar-refractivity contribution >= 4 is 40.6 Å². The summed E-state index contributed by atoms with van der Waals surface area (Å²) in [6.07, 6.45) is 2.52. The van der Waals surface area contributed by atoms with Gasteiger partial charge in [-0.1, -0.05) is 69.3 Å². The second-order valence-corrected chi connectivity index (χ2v) is 12.2. The molecule has 45 heavy (non-hydrogen) atoms. The lowest BCUT2D eigenvalue weighted by Crippen LogP contribution is -2.52. The van der Waals surface area contributed by atoms with Crippen LogP contribution in [0.1, 0.15) is 49.7 Å². The molecule has 10 nitrogen and oxygen atoms in total. The highest BCUT2D eigenvalue weighted by atomic mass is 16.2. The zero-order chi connectivity index (χ0) is 32.4. The van der Waals surface area contributed by atoms with Gasteiger partial charge in [0.2, 0.25) is 0 Å². The number of hydrogen-bond acceptors (Lipinski definition) is 8. The standard InChI is InChI=1S/C35H37N5O5/c1-35(2,3)33(40-34(45)29-19-24-11-7-8-12-27(24)38-29)32(22-44)39-28(17-23-9-5-4-6-10-23)31(21-43)37-26(14-16-41)18-25-13-15-36-30(25)20-42/h4-12,14,19,25-26,28,33,36-39H,13,15,17-18H2,1-3H3,(H,40,45)/t25-,26?,28?,33?/m0/s1. The lowest BCUT2D eigenvalue weighted by atomic mass is 9.84. The molecule has 2 aromatic carbocycles. The molecular weight excluding hydrogens is 570 g/mol. The minimum absolute atomic E-state index is 0.0380. The summed E-state index contributed by atoms with van der Waals surface area (Å²) in [7, 11) is 0. The van der Waals surface area contributed by atoms with Gasteiger partial charge in [-0.05, 0) is 42.4 Å². The minimum atomic E-state index is -0.824. The van der Waals surface area contributed by atoms with Gasteiger partial charge in [-0.25, -0.2) is 19.2 Å². The van der Waals surface area contributed by atoms with Crippen molar-refractivity contribution in [3.8, 4) is 0 Å². The second-order valence-electron chi connectivity index (χ2n) is 12.2. The largest absolute Gasteiger partial charge is 0.379 e. The fourth-order valence-electron chi connectivity index (χ4n) is 5.54. The van der Waals surface area contributed by atoms with E-state index in [4.69, 9.17) is 0 Å². The summed E-state index contributed by atoms with van der Waals surface area (Å²) in [6.45, 7) is 6.23. The van der Waals surface area contributed by atoms with Crippen LogP contribution in [0.5, 0.6) is 0 Å². The first-order valence-electron chi connectivity index (χ1n) is 14.8. The number of amides is 1. The average molecular weight is 608 g/mol. The quantitative estimate of drug-likeness (QED) is 0.186. The number of H-pyrrole nitrogens is 1. The Kier molecular flexibility index (Phi) is 10.8. The third kappa shape index (κ3) is 8.39. The molecule has 1 aliphatic heterocycles. The van der Waals surface area contributed by atoms with E-state index in [2.05, 4.69) is 26.3 Å². The fraction of sp³-hybridized carbons (Fsp3) is 0.343. The van der Waals surface area contributed by atoms with Gasteiger partial charge in [0, 0.05) is 29.4 Å². The van der Waals surface area contributed by atoms with Crippen molar-refractivity contribution in [2.45, 2.75) is 58.2 Å². The summed E-state index contributed by atoms with van der Waals surface area (Å²) in [5.74, 6) is 7.03. The molecule has 1 saturated heterocycles. The molecule has 2 heterocycles. The number of rotatable bonds is 13. The highest BCUT2D eigenvalue weighted by molar-refractivity contribution is 5.98. The summed E-state index contributed by atoms with van der Waals surface area (Å²) < 4.78 is 0. The van der Waals surface area contributed by atoms with Crippen molar-refractivity contribution in [3.05, 3.63) is 95.1 Å². The Hall–Kier alpha value is -5.35. The summed E-state index contributed by atoms with van der Waals surface area (Å²) in [5, 5.41) is 13.1. The van der Waals surface area contributed by atoms with Crippen LogP contribution >= 0.6 is 0 Å². The predicted molar refractivity (Wildman–Crippen MR) is 172 cm³/mol. The number of aromatic nitrogens is 1. The van der Waals surface area contributed by atoms with E-state index in [0.29, 0.717) is 30.8 Å². The molecular formula is C35H37N5O5. The first-order valence-corrected chi connectivity index (χ1v) is 14.8. The van der Waals surface area contributed by atoms with Gasteiger partial charge < -0.3 is 26.3 Å². The van der Waals surface area contributed by atoms with Crippen LogP contribution in [0.4, 0.5) is 0 Å². The number of nitrogens with one attached hydrogen (secondary N) is 5. The molecule has 4 atom stereocenters. The van der Waals surface area contributed by atoms with E-state index in [1.807, 2.05) is 93.2 Å². The minimum Gasteiger partial charge on any atom is -0.379 e. The van der Waals surface area contributed by atoms with Crippen LogP contribution in [0.3, 0.4) is 0 Å². The third-order valence-electron chi connectivity index (χ3n) is 7.86. The van der Waals surface area contributed by atoms with Crippen molar-refractivity contribution in [1.29, 1.82) is 0 Å². The van der Waals surface area contributed by atoms with E-state index < -0.39 is 29.4 Å². The van der Waals surface area contributed by atoms with Crippen LogP contribution in [0.15, 0.2) is 83.8 Å². The Morgan fingerprint density at radius 2 is 1.67 bits per heavy atom. The molecule has 3 unspecified atom stereocenters. The Morgan fingerprint density at radius 3 is 2.31 bits per heavy atom. The molecule has 3 aromatic rings. The smallest absolute Gasteiger partial charge is 0.268 e. The Balaban J connectivity index is 1.62. The first kappa shape index (κ1) is 32.6. The highest BCUT2D eigenvalue weighted by Crippen LogP contribution is 2.26. The lowest BCUT2D eigenvalue weighted by Gasteiger charge is -2.34. The van der Waals surface area contributed by atoms with Gasteiger partial charge in [0.1, 0.15) is 40.9 Å². The Labute approximate surface area is 261 Å². The topological polar surface area (TPSA) is 149 Å². The fourth-order valence-corrected chi connectivity index (χ4v) is 5.54. The van der Waals surface area contributed by atoms with Crippen LogP contribution < -0.4 is 21.3 Å². The van der Waals surface area contributed by atoms with Crippen molar-refractivity contribution < 1.29 is 24.0 Å². The zero-order valence-corrected chi connectivity index (χ0v) is 25.5. The second kappa shape index (κ2) is 14.9. The van der Waals surface area contributed by atoms with E-state index >= 15 is 0 Å². The maximum absolute atomic E-state index is 13.4. The molecule has 232 valence electrons. The normalized spacial score (nSPS) is 16.1. The van der Waals surface area contributed by atoms with Gasteiger partial charge >= 0.3 is 0 Å². The lowest BCUT2D eigenvalue weighted by molar-refractivity contribution is 0.0909. The maximum Gasteiger partial charge on any atom is 0.268 e. The number of carbonyl (C=O) groups excluding carboxylic acids is 5. The molecule has 0 aliphatic carbocycles. The molecule has 1 amide bonds. The van der Waals surface area contributed by atoms with Crippen LogP contribution in [-0.4, -0.2) is 59.3 Å². The van der Waals surface area contributed by atoms with Gasteiger partial charge in [0.15, 0.2) is 0 Å². The molecule has 1 aromatic heterocycles. The highest BCUT2D eigenvalue weighted by Gasteiger charge is 2.34. The number of para-hydroxylation sites is 1. The molecule has 5 N–H and O–H groups in total. The number of fused-ring (bicyclic) bond motifs is 1. The van der Waals surface area contributed by atoms with Gasteiger partial charge in [-0.15, -0.1) is 0 Å². The molecule has 4 rings (SSSR count). The summed E-state index contributed by atoms with van der Waals surface area (Å²) in [4.78, 5) is 64.4. The summed E-state index contributed by atoms with van der Waals surface area (Å²) in [5.41, 5.74) is 1.86. The molecule has 0 saturated carbocycles. The van der Waals surface area contributed by atoms with Crippen LogP contribution in [-0.2, 0) is 25.6 Å². The SMILES string of the molecule is CC(C)(C)C(NC(=O)c1cc2ccccc2[nH]1)C(=C=O)NC(Cc1ccccc1)C(=C=O)NC(C=C=O)C[C@@H]1CCNC1=C=O. The predicted octanol–water partition coefficient (Wildman–Crippen LogP) is 3.01. The number of carbonyl (C=O) groups is 1. The third-order valence-corrected chi connectivity index (χ3v) is 7.86. The van der Waals surface area contributed by atoms with E-state index in [0.717, 1.165) is 16.5 Å². The van der Waals surface area contributed by atoms with Gasteiger partial charge in [-0.3, -0.25) is 4.79 Å². The Bertz CT molecular complexity index is 1680. The summed E-state index contributed by atoms with van der Waals surface area (Å²) in [6, 6.07) is 16.3. The van der Waals surface area contributed by atoms with E-state index in [1.54, 1.807) is 12.0 Å². The molecule has 10 heteroatoms. The molecule has 1 aliphatic rings. The monoisotopic (exact) mass is 607 g/mol.